The van der Waals surface area contributed by atoms with Crippen LogP contribution in [0.4, 0.5) is 4.39 Å². The van der Waals surface area contributed by atoms with Crippen molar-refractivity contribution in [1.82, 2.24) is 5.32 Å². The molecule has 0 radical (unpaired) electrons. The van der Waals surface area contributed by atoms with Crippen LogP contribution < -0.4 is 10.1 Å². The standard InChI is InChI=1S/C14H20FNO2/c1-9(2)14-11(15)6-10(7-12(14)17-3)13-8-16-4-5-18-13/h6-7,9,13,16H,4-5,8H2,1-3H3. The minimum absolute atomic E-state index is 0.0941. The zero-order valence-electron chi connectivity index (χ0n) is 11.1. The Morgan fingerprint density at radius 1 is 1.44 bits per heavy atom. The third-order valence-corrected chi connectivity index (χ3v) is 3.21. The average Bonchev–Trinajstić information content (AvgIpc) is 2.38. The summed E-state index contributed by atoms with van der Waals surface area (Å²) >= 11 is 0. The van der Waals surface area contributed by atoms with Crippen molar-refractivity contribution in [2.45, 2.75) is 25.9 Å². The molecule has 1 aliphatic rings. The van der Waals surface area contributed by atoms with E-state index in [-0.39, 0.29) is 17.8 Å². The van der Waals surface area contributed by atoms with Gasteiger partial charge >= 0.3 is 0 Å². The van der Waals surface area contributed by atoms with Crippen LogP contribution in [0.25, 0.3) is 0 Å². The number of rotatable bonds is 3. The Labute approximate surface area is 107 Å². The smallest absolute Gasteiger partial charge is 0.130 e. The molecule has 1 fully saturated rings. The minimum atomic E-state index is -0.214. The number of hydrogen-bond acceptors (Lipinski definition) is 3. The maximum Gasteiger partial charge on any atom is 0.130 e. The molecule has 2 rings (SSSR count). The van der Waals surface area contributed by atoms with Crippen molar-refractivity contribution in [3.8, 4) is 5.75 Å². The van der Waals surface area contributed by atoms with Gasteiger partial charge in [-0.1, -0.05) is 13.8 Å². The summed E-state index contributed by atoms with van der Waals surface area (Å²) in [5, 5.41) is 3.24. The van der Waals surface area contributed by atoms with Crippen molar-refractivity contribution in [2.75, 3.05) is 26.8 Å². The quantitative estimate of drug-likeness (QED) is 0.898. The summed E-state index contributed by atoms with van der Waals surface area (Å²) in [7, 11) is 1.57. The van der Waals surface area contributed by atoms with E-state index in [9.17, 15) is 4.39 Å². The Hall–Kier alpha value is -1.13. The summed E-state index contributed by atoms with van der Waals surface area (Å²) in [6.45, 7) is 6.13. The summed E-state index contributed by atoms with van der Waals surface area (Å²) in [5.41, 5.74) is 1.46. The molecule has 1 aromatic carbocycles. The Morgan fingerprint density at radius 3 is 2.78 bits per heavy atom. The van der Waals surface area contributed by atoms with E-state index in [4.69, 9.17) is 9.47 Å². The summed E-state index contributed by atoms with van der Waals surface area (Å²) in [6.07, 6.45) is -0.0941. The Balaban J connectivity index is 2.35. The highest BCUT2D eigenvalue weighted by Crippen LogP contribution is 2.33. The van der Waals surface area contributed by atoms with Crippen LogP contribution in [0.2, 0.25) is 0 Å². The van der Waals surface area contributed by atoms with E-state index in [2.05, 4.69) is 5.32 Å². The lowest BCUT2D eigenvalue weighted by Gasteiger charge is -2.25. The van der Waals surface area contributed by atoms with Crippen LogP contribution in [0.3, 0.4) is 0 Å². The van der Waals surface area contributed by atoms with E-state index in [0.29, 0.717) is 24.5 Å². The fraction of sp³-hybridized carbons (Fsp3) is 0.571. The predicted octanol–water partition coefficient (Wildman–Crippen LogP) is 2.62. The van der Waals surface area contributed by atoms with Crippen LogP contribution >= 0.6 is 0 Å². The average molecular weight is 253 g/mol. The molecule has 0 amide bonds. The van der Waals surface area contributed by atoms with Crippen LogP contribution in [0, 0.1) is 5.82 Å². The van der Waals surface area contributed by atoms with E-state index in [1.165, 1.54) is 0 Å². The second kappa shape index (κ2) is 5.67. The molecule has 0 aromatic heterocycles. The van der Waals surface area contributed by atoms with Gasteiger partial charge in [-0.2, -0.15) is 0 Å². The molecule has 1 heterocycles. The first kappa shape index (κ1) is 13.3. The molecule has 1 unspecified atom stereocenters. The van der Waals surface area contributed by atoms with E-state index in [1.807, 2.05) is 19.9 Å². The number of benzene rings is 1. The van der Waals surface area contributed by atoms with Gasteiger partial charge in [0.25, 0.3) is 0 Å². The van der Waals surface area contributed by atoms with Gasteiger partial charge in [0, 0.05) is 18.7 Å². The van der Waals surface area contributed by atoms with Crippen molar-refractivity contribution in [3.63, 3.8) is 0 Å². The van der Waals surface area contributed by atoms with Gasteiger partial charge in [0.2, 0.25) is 0 Å². The largest absolute Gasteiger partial charge is 0.496 e. The van der Waals surface area contributed by atoms with Crippen LogP contribution in [0.5, 0.6) is 5.75 Å². The van der Waals surface area contributed by atoms with Crippen molar-refractivity contribution in [3.05, 3.63) is 29.1 Å². The van der Waals surface area contributed by atoms with Gasteiger partial charge in [0.15, 0.2) is 0 Å². The fourth-order valence-electron chi connectivity index (χ4n) is 2.31. The molecular weight excluding hydrogens is 233 g/mol. The fourth-order valence-corrected chi connectivity index (χ4v) is 2.31. The van der Waals surface area contributed by atoms with Gasteiger partial charge in [-0.25, -0.2) is 4.39 Å². The number of methoxy groups -OCH3 is 1. The highest BCUT2D eigenvalue weighted by atomic mass is 19.1. The zero-order chi connectivity index (χ0) is 13.1. The summed E-state index contributed by atoms with van der Waals surface area (Å²) in [5.74, 6) is 0.488. The van der Waals surface area contributed by atoms with Crippen LogP contribution in [-0.4, -0.2) is 26.8 Å². The van der Waals surface area contributed by atoms with Crippen molar-refractivity contribution in [1.29, 1.82) is 0 Å². The van der Waals surface area contributed by atoms with Gasteiger partial charge in [-0.15, -0.1) is 0 Å². The van der Waals surface area contributed by atoms with Gasteiger partial charge in [0.1, 0.15) is 11.6 Å². The molecule has 1 atom stereocenters. The Bertz CT molecular complexity index is 415. The van der Waals surface area contributed by atoms with Crippen LogP contribution in [-0.2, 0) is 4.74 Å². The maximum atomic E-state index is 14.1. The summed E-state index contributed by atoms with van der Waals surface area (Å²) < 4.78 is 25.1. The number of ether oxygens (including phenoxy) is 2. The Morgan fingerprint density at radius 2 is 2.22 bits per heavy atom. The molecule has 1 aliphatic heterocycles. The van der Waals surface area contributed by atoms with Gasteiger partial charge in [-0.05, 0) is 23.6 Å². The van der Waals surface area contributed by atoms with E-state index >= 15 is 0 Å². The topological polar surface area (TPSA) is 30.5 Å². The molecule has 1 N–H and O–H groups in total. The molecule has 3 nitrogen and oxygen atoms in total. The lowest BCUT2D eigenvalue weighted by Crippen LogP contribution is -2.33. The number of nitrogens with one attached hydrogen (secondary N) is 1. The minimum Gasteiger partial charge on any atom is -0.496 e. The van der Waals surface area contributed by atoms with E-state index in [1.54, 1.807) is 13.2 Å². The SMILES string of the molecule is COc1cc(C2CNCCO2)cc(F)c1C(C)C. The van der Waals surface area contributed by atoms with Gasteiger partial charge in [-0.3, -0.25) is 0 Å². The number of hydrogen-bond donors (Lipinski definition) is 1. The van der Waals surface area contributed by atoms with Crippen molar-refractivity contribution >= 4 is 0 Å². The molecule has 0 aliphatic carbocycles. The lowest BCUT2D eigenvalue weighted by molar-refractivity contribution is 0.0274. The molecule has 0 bridgehead atoms. The first-order valence-electron chi connectivity index (χ1n) is 6.33. The first-order chi connectivity index (χ1) is 8.63. The third kappa shape index (κ3) is 2.65. The summed E-state index contributed by atoms with van der Waals surface area (Å²) in [4.78, 5) is 0. The van der Waals surface area contributed by atoms with E-state index in [0.717, 1.165) is 12.1 Å². The van der Waals surface area contributed by atoms with Gasteiger partial charge in [0.05, 0.1) is 19.8 Å². The van der Waals surface area contributed by atoms with Gasteiger partial charge < -0.3 is 14.8 Å². The second-order valence-corrected chi connectivity index (χ2v) is 4.84. The predicted molar refractivity (Wildman–Crippen MR) is 68.6 cm³/mol. The number of morpholine rings is 1. The zero-order valence-corrected chi connectivity index (χ0v) is 11.1. The van der Waals surface area contributed by atoms with Crippen molar-refractivity contribution < 1.29 is 13.9 Å². The molecular formula is C14H20FNO2. The van der Waals surface area contributed by atoms with Crippen LogP contribution in [0.15, 0.2) is 12.1 Å². The first-order valence-corrected chi connectivity index (χ1v) is 6.33. The second-order valence-electron chi connectivity index (χ2n) is 4.84. The van der Waals surface area contributed by atoms with E-state index < -0.39 is 0 Å². The molecule has 1 aromatic rings. The third-order valence-electron chi connectivity index (χ3n) is 3.21. The molecule has 0 saturated carbocycles. The molecule has 4 heteroatoms. The molecule has 100 valence electrons. The molecule has 18 heavy (non-hydrogen) atoms. The maximum absolute atomic E-state index is 14.1. The highest BCUT2D eigenvalue weighted by molar-refractivity contribution is 5.41. The monoisotopic (exact) mass is 253 g/mol. The number of halogens is 1. The van der Waals surface area contributed by atoms with Crippen molar-refractivity contribution in [2.24, 2.45) is 0 Å². The normalized spacial score (nSPS) is 20.2. The lowest BCUT2D eigenvalue weighted by atomic mass is 9.97. The van der Waals surface area contributed by atoms with Crippen LogP contribution in [0.1, 0.15) is 37.0 Å². The summed E-state index contributed by atoms with van der Waals surface area (Å²) in [6, 6.07) is 3.45. The Kier molecular flexibility index (Phi) is 4.19. The highest BCUT2D eigenvalue weighted by Gasteiger charge is 2.21. The molecule has 0 spiro atoms. The molecule has 1 saturated heterocycles.